The number of likely N-dealkylation sites (tertiary alicyclic amines) is 2. The van der Waals surface area contributed by atoms with Crippen molar-refractivity contribution >= 4 is 23.5 Å². The number of hydrogen-bond donors (Lipinski definition) is 2. The first kappa shape index (κ1) is 20.4. The zero-order valence-corrected chi connectivity index (χ0v) is 15.8. The smallest absolute Gasteiger partial charge is 0.240 e. The van der Waals surface area contributed by atoms with Crippen molar-refractivity contribution in [1.82, 2.24) is 9.80 Å². The Hall–Kier alpha value is -1.96. The van der Waals surface area contributed by atoms with E-state index in [-0.39, 0.29) is 48.4 Å². The third-order valence-electron chi connectivity index (χ3n) is 5.35. The van der Waals surface area contributed by atoms with Gasteiger partial charge in [0.15, 0.2) is 5.78 Å². The van der Waals surface area contributed by atoms with E-state index in [1.54, 1.807) is 16.7 Å². The molecular formula is C18H30N4O4. The quantitative estimate of drug-likeness (QED) is 0.636. The first-order chi connectivity index (χ1) is 12.1. The number of hydrogen-bond acceptors (Lipinski definition) is 5. The molecule has 8 heteroatoms. The topological polar surface area (TPSA) is 127 Å². The lowest BCUT2D eigenvalue weighted by molar-refractivity contribution is -0.136. The highest BCUT2D eigenvalue weighted by atomic mass is 16.2. The average molecular weight is 366 g/mol. The molecule has 4 atom stereocenters. The minimum atomic E-state index is -0.622. The summed E-state index contributed by atoms with van der Waals surface area (Å²) in [5.74, 6) is -1.03. The van der Waals surface area contributed by atoms with Crippen LogP contribution in [0.5, 0.6) is 0 Å². The van der Waals surface area contributed by atoms with Crippen LogP contribution in [0.1, 0.15) is 46.5 Å². The van der Waals surface area contributed by atoms with E-state index in [0.29, 0.717) is 25.8 Å². The summed E-state index contributed by atoms with van der Waals surface area (Å²) in [6.45, 7) is 6.12. The number of amides is 3. The number of Topliss-reactive ketones (excluding diaryl/α,β-unsaturated/α-hetero) is 1. The van der Waals surface area contributed by atoms with Crippen LogP contribution in [0.2, 0.25) is 0 Å². The van der Waals surface area contributed by atoms with E-state index in [4.69, 9.17) is 11.5 Å². The number of nitrogens with zero attached hydrogens (tertiary/aromatic N) is 2. The highest BCUT2D eigenvalue weighted by molar-refractivity contribution is 5.98. The number of nitrogens with two attached hydrogens (primary N) is 2. The number of carbonyl (C=O) groups is 4. The van der Waals surface area contributed by atoms with Gasteiger partial charge in [0, 0.05) is 18.9 Å². The molecule has 4 N–H and O–H groups in total. The second-order valence-corrected chi connectivity index (χ2v) is 7.90. The molecule has 26 heavy (non-hydrogen) atoms. The standard InChI is InChI=1S/C18H30N4O4/c1-10(2)8-12(19)18(26)22-9-14(23)16-13(22)6-7-21(16)15(24)5-4-11(3)17(20)25/h10-13,16H,4-9,19H2,1-3H3,(H2,20,25). The van der Waals surface area contributed by atoms with Gasteiger partial charge in [-0.15, -0.1) is 0 Å². The molecule has 2 rings (SSSR count). The first-order valence-corrected chi connectivity index (χ1v) is 9.31. The Morgan fingerprint density at radius 2 is 1.85 bits per heavy atom. The van der Waals surface area contributed by atoms with Crippen molar-refractivity contribution in [3.63, 3.8) is 0 Å². The SMILES string of the molecule is CC(C)CC(N)C(=O)N1CC(=O)C2C1CCN2C(=O)CCC(C)C(N)=O. The number of carbonyl (C=O) groups excluding carboxylic acids is 4. The number of primary amides is 1. The predicted octanol–water partition coefficient (Wildman–Crippen LogP) is -0.358. The number of ketones is 1. The molecule has 3 amide bonds. The van der Waals surface area contributed by atoms with Crippen LogP contribution in [-0.4, -0.2) is 64.5 Å². The van der Waals surface area contributed by atoms with E-state index in [1.807, 2.05) is 13.8 Å². The molecule has 2 fully saturated rings. The Balaban J connectivity index is 2.01. The van der Waals surface area contributed by atoms with Gasteiger partial charge in [0.05, 0.1) is 18.6 Å². The van der Waals surface area contributed by atoms with E-state index in [1.165, 1.54) is 0 Å². The predicted molar refractivity (Wildman–Crippen MR) is 95.6 cm³/mol. The lowest BCUT2D eigenvalue weighted by atomic mass is 10.0. The summed E-state index contributed by atoms with van der Waals surface area (Å²) in [7, 11) is 0. The Bertz CT molecular complexity index is 592. The molecule has 0 radical (unpaired) electrons. The lowest BCUT2D eigenvalue weighted by Crippen LogP contribution is -2.48. The van der Waals surface area contributed by atoms with Crippen molar-refractivity contribution in [1.29, 1.82) is 0 Å². The molecule has 2 heterocycles. The van der Waals surface area contributed by atoms with Crippen molar-refractivity contribution in [2.45, 2.75) is 64.6 Å². The summed E-state index contributed by atoms with van der Waals surface area (Å²) in [6.07, 6.45) is 1.67. The zero-order chi connectivity index (χ0) is 19.6. The molecule has 2 aliphatic heterocycles. The Morgan fingerprint density at radius 1 is 1.19 bits per heavy atom. The molecule has 4 unspecified atom stereocenters. The molecular weight excluding hydrogens is 336 g/mol. The van der Waals surface area contributed by atoms with Gasteiger partial charge in [-0.05, 0) is 25.2 Å². The Labute approximate surface area is 154 Å². The fourth-order valence-electron chi connectivity index (χ4n) is 3.84. The third kappa shape index (κ3) is 4.23. The van der Waals surface area contributed by atoms with Crippen LogP contribution < -0.4 is 11.5 Å². The summed E-state index contributed by atoms with van der Waals surface area (Å²) in [4.78, 5) is 51.8. The van der Waals surface area contributed by atoms with Crippen molar-refractivity contribution in [2.75, 3.05) is 13.1 Å². The molecule has 2 aliphatic rings. The van der Waals surface area contributed by atoms with Crippen molar-refractivity contribution in [3.8, 4) is 0 Å². The maximum Gasteiger partial charge on any atom is 0.240 e. The Kier molecular flexibility index (Phi) is 6.39. The van der Waals surface area contributed by atoms with Crippen molar-refractivity contribution in [2.24, 2.45) is 23.3 Å². The molecule has 0 aliphatic carbocycles. The van der Waals surface area contributed by atoms with Gasteiger partial charge in [0.2, 0.25) is 17.7 Å². The van der Waals surface area contributed by atoms with Gasteiger partial charge in [0.1, 0.15) is 6.04 Å². The van der Waals surface area contributed by atoms with Crippen LogP contribution in [0.4, 0.5) is 0 Å². The zero-order valence-electron chi connectivity index (χ0n) is 15.8. The van der Waals surface area contributed by atoms with Crippen LogP contribution in [0.25, 0.3) is 0 Å². The molecule has 0 aromatic carbocycles. The van der Waals surface area contributed by atoms with Gasteiger partial charge < -0.3 is 21.3 Å². The normalized spacial score (nSPS) is 24.7. The molecule has 8 nitrogen and oxygen atoms in total. The molecule has 0 spiro atoms. The monoisotopic (exact) mass is 366 g/mol. The molecule has 0 aromatic rings. The maximum atomic E-state index is 12.6. The van der Waals surface area contributed by atoms with E-state index in [9.17, 15) is 19.2 Å². The maximum absolute atomic E-state index is 12.6. The Morgan fingerprint density at radius 3 is 2.42 bits per heavy atom. The van der Waals surface area contributed by atoms with Gasteiger partial charge in [-0.25, -0.2) is 0 Å². The van der Waals surface area contributed by atoms with Gasteiger partial charge in [0.25, 0.3) is 0 Å². The number of rotatable bonds is 7. The van der Waals surface area contributed by atoms with Gasteiger partial charge in [-0.2, -0.15) is 0 Å². The second kappa shape index (κ2) is 8.16. The van der Waals surface area contributed by atoms with Gasteiger partial charge in [-0.1, -0.05) is 20.8 Å². The van der Waals surface area contributed by atoms with E-state index < -0.39 is 18.0 Å². The van der Waals surface area contributed by atoms with Crippen LogP contribution in [0.15, 0.2) is 0 Å². The summed E-state index contributed by atoms with van der Waals surface area (Å²) in [6, 6.07) is -1.49. The third-order valence-corrected chi connectivity index (χ3v) is 5.35. The van der Waals surface area contributed by atoms with Crippen LogP contribution in [0.3, 0.4) is 0 Å². The van der Waals surface area contributed by atoms with Crippen molar-refractivity contribution < 1.29 is 19.2 Å². The van der Waals surface area contributed by atoms with Crippen molar-refractivity contribution in [3.05, 3.63) is 0 Å². The molecule has 0 saturated carbocycles. The summed E-state index contributed by atoms with van der Waals surface area (Å²) in [5.41, 5.74) is 11.2. The fourth-order valence-corrected chi connectivity index (χ4v) is 3.84. The van der Waals surface area contributed by atoms with E-state index >= 15 is 0 Å². The van der Waals surface area contributed by atoms with Crippen LogP contribution in [-0.2, 0) is 19.2 Å². The van der Waals surface area contributed by atoms with E-state index in [0.717, 1.165) is 0 Å². The fraction of sp³-hybridized carbons (Fsp3) is 0.778. The van der Waals surface area contributed by atoms with Gasteiger partial charge in [-0.3, -0.25) is 19.2 Å². The van der Waals surface area contributed by atoms with Crippen LogP contribution >= 0.6 is 0 Å². The molecule has 0 bridgehead atoms. The summed E-state index contributed by atoms with van der Waals surface area (Å²) in [5, 5.41) is 0. The highest BCUT2D eigenvalue weighted by Crippen LogP contribution is 2.31. The minimum Gasteiger partial charge on any atom is -0.369 e. The average Bonchev–Trinajstić information content (AvgIpc) is 3.12. The van der Waals surface area contributed by atoms with Crippen LogP contribution in [0, 0.1) is 11.8 Å². The van der Waals surface area contributed by atoms with Gasteiger partial charge >= 0.3 is 0 Å². The molecule has 2 saturated heterocycles. The summed E-state index contributed by atoms with van der Waals surface area (Å²) < 4.78 is 0. The number of fused-ring (bicyclic) bond motifs is 1. The highest BCUT2D eigenvalue weighted by Gasteiger charge is 2.51. The molecule has 146 valence electrons. The second-order valence-electron chi connectivity index (χ2n) is 7.90. The summed E-state index contributed by atoms with van der Waals surface area (Å²) >= 11 is 0. The molecule has 0 aromatic heterocycles. The lowest BCUT2D eigenvalue weighted by Gasteiger charge is -2.27. The first-order valence-electron chi connectivity index (χ1n) is 9.31. The van der Waals surface area contributed by atoms with E-state index in [2.05, 4.69) is 0 Å². The largest absolute Gasteiger partial charge is 0.369 e. The minimum absolute atomic E-state index is 0.0153.